The molecule has 1 aromatic heterocycles. The summed E-state index contributed by atoms with van der Waals surface area (Å²) in [6.07, 6.45) is 5.01. The zero-order valence-corrected chi connectivity index (χ0v) is 12.0. The van der Waals surface area contributed by atoms with Crippen molar-refractivity contribution in [1.82, 2.24) is 10.2 Å². The van der Waals surface area contributed by atoms with Gasteiger partial charge in [0.05, 0.1) is 6.04 Å². The minimum absolute atomic E-state index is 0.217. The fourth-order valence-corrected chi connectivity index (χ4v) is 1.75. The van der Waals surface area contributed by atoms with Crippen LogP contribution in [0.5, 0.6) is 0 Å². The van der Waals surface area contributed by atoms with Crippen LogP contribution in [0.1, 0.15) is 65.3 Å². The van der Waals surface area contributed by atoms with E-state index < -0.39 is 0 Å². The number of anilines is 1. The molecule has 1 unspecified atom stereocenters. The highest BCUT2D eigenvalue weighted by atomic mass is 16.4. The largest absolute Gasteiger partial charge is 0.406 e. The van der Waals surface area contributed by atoms with Crippen LogP contribution in [0.2, 0.25) is 0 Å². The van der Waals surface area contributed by atoms with E-state index in [1.54, 1.807) is 0 Å². The summed E-state index contributed by atoms with van der Waals surface area (Å²) in [4.78, 5) is 0. The van der Waals surface area contributed by atoms with E-state index in [4.69, 9.17) is 10.2 Å². The molecule has 3 N–H and O–H groups in total. The van der Waals surface area contributed by atoms with Gasteiger partial charge in [-0.3, -0.25) is 0 Å². The van der Waals surface area contributed by atoms with Crippen molar-refractivity contribution >= 4 is 6.01 Å². The van der Waals surface area contributed by atoms with Crippen molar-refractivity contribution in [2.24, 2.45) is 11.1 Å². The lowest BCUT2D eigenvalue weighted by molar-refractivity contribution is 0.338. The lowest BCUT2D eigenvalue weighted by Gasteiger charge is -2.24. The number of unbranched alkanes of at least 4 members (excludes halogenated alkanes) is 2. The van der Waals surface area contributed by atoms with Crippen molar-refractivity contribution < 1.29 is 4.42 Å². The van der Waals surface area contributed by atoms with Gasteiger partial charge in [-0.05, 0) is 18.8 Å². The van der Waals surface area contributed by atoms with Gasteiger partial charge in [-0.25, -0.2) is 0 Å². The third-order valence-electron chi connectivity index (χ3n) is 3.01. The van der Waals surface area contributed by atoms with Crippen LogP contribution in [0.3, 0.4) is 0 Å². The number of rotatable bonds is 8. The molecule has 1 heterocycles. The van der Waals surface area contributed by atoms with Crippen LogP contribution in [-0.4, -0.2) is 16.7 Å². The third kappa shape index (κ3) is 5.04. The SMILES string of the molecule is CCCCCC(C)(C)CNc1nnc(C(C)N)o1. The zero-order valence-electron chi connectivity index (χ0n) is 12.0. The molecule has 0 amide bonds. The monoisotopic (exact) mass is 254 g/mol. The van der Waals surface area contributed by atoms with E-state index in [1.165, 1.54) is 25.7 Å². The molecule has 18 heavy (non-hydrogen) atoms. The Morgan fingerprint density at radius 2 is 2.06 bits per heavy atom. The normalized spacial score (nSPS) is 13.6. The molecule has 0 aliphatic heterocycles. The van der Waals surface area contributed by atoms with Gasteiger partial charge in [0, 0.05) is 6.54 Å². The molecule has 0 fully saturated rings. The average Bonchev–Trinajstić information content (AvgIpc) is 2.75. The predicted octanol–water partition coefficient (Wildman–Crippen LogP) is 3.11. The van der Waals surface area contributed by atoms with Crippen LogP contribution >= 0.6 is 0 Å². The summed E-state index contributed by atoms with van der Waals surface area (Å²) in [5.41, 5.74) is 5.90. The summed E-state index contributed by atoms with van der Waals surface area (Å²) in [7, 11) is 0. The first kappa shape index (κ1) is 15.0. The zero-order chi connectivity index (χ0) is 13.6. The molecule has 1 aromatic rings. The number of nitrogens with zero attached hydrogens (tertiary/aromatic N) is 2. The van der Waals surface area contributed by atoms with Gasteiger partial charge in [0.1, 0.15) is 0 Å². The Labute approximate surface area is 110 Å². The van der Waals surface area contributed by atoms with E-state index in [2.05, 4.69) is 36.3 Å². The lowest BCUT2D eigenvalue weighted by Crippen LogP contribution is -2.23. The van der Waals surface area contributed by atoms with Crippen molar-refractivity contribution in [3.63, 3.8) is 0 Å². The summed E-state index contributed by atoms with van der Waals surface area (Å²) in [6.45, 7) is 9.37. The molecule has 0 radical (unpaired) electrons. The number of aromatic nitrogens is 2. The van der Waals surface area contributed by atoms with Crippen molar-refractivity contribution in [3.05, 3.63) is 5.89 Å². The van der Waals surface area contributed by atoms with E-state index in [9.17, 15) is 0 Å². The quantitative estimate of drug-likeness (QED) is 0.697. The Morgan fingerprint density at radius 1 is 1.33 bits per heavy atom. The van der Waals surface area contributed by atoms with Crippen LogP contribution in [0, 0.1) is 5.41 Å². The Balaban J connectivity index is 2.38. The van der Waals surface area contributed by atoms with Gasteiger partial charge in [-0.2, -0.15) is 0 Å². The topological polar surface area (TPSA) is 77.0 Å². The highest BCUT2D eigenvalue weighted by molar-refractivity contribution is 5.18. The smallest absolute Gasteiger partial charge is 0.315 e. The van der Waals surface area contributed by atoms with Crippen molar-refractivity contribution in [1.29, 1.82) is 0 Å². The Bertz CT molecular complexity index is 347. The second-order valence-electron chi connectivity index (χ2n) is 5.71. The number of hydrogen-bond donors (Lipinski definition) is 2. The molecule has 1 atom stereocenters. The first-order chi connectivity index (χ1) is 8.44. The van der Waals surface area contributed by atoms with E-state index in [-0.39, 0.29) is 11.5 Å². The second kappa shape index (κ2) is 6.73. The van der Waals surface area contributed by atoms with Crippen molar-refractivity contribution in [3.8, 4) is 0 Å². The fourth-order valence-electron chi connectivity index (χ4n) is 1.75. The summed E-state index contributed by atoms with van der Waals surface area (Å²) >= 11 is 0. The fraction of sp³-hybridized carbons (Fsp3) is 0.846. The van der Waals surface area contributed by atoms with Gasteiger partial charge in [0.15, 0.2) is 0 Å². The maximum Gasteiger partial charge on any atom is 0.315 e. The molecule has 0 aromatic carbocycles. The molecule has 0 saturated heterocycles. The Hall–Kier alpha value is -1.10. The minimum atomic E-state index is -0.217. The lowest BCUT2D eigenvalue weighted by atomic mass is 9.87. The number of nitrogens with one attached hydrogen (secondary N) is 1. The number of nitrogens with two attached hydrogens (primary N) is 1. The molecule has 0 spiro atoms. The van der Waals surface area contributed by atoms with Gasteiger partial charge >= 0.3 is 6.01 Å². The highest BCUT2D eigenvalue weighted by Gasteiger charge is 2.18. The first-order valence-corrected chi connectivity index (χ1v) is 6.77. The van der Waals surface area contributed by atoms with Gasteiger partial charge < -0.3 is 15.5 Å². The maximum absolute atomic E-state index is 5.67. The molecule has 0 aliphatic carbocycles. The number of hydrogen-bond acceptors (Lipinski definition) is 5. The minimum Gasteiger partial charge on any atom is -0.406 e. The van der Waals surface area contributed by atoms with Gasteiger partial charge in [-0.15, -0.1) is 5.10 Å². The summed E-state index contributed by atoms with van der Waals surface area (Å²) in [5.74, 6) is 0.473. The van der Waals surface area contributed by atoms with Crippen LogP contribution in [0.15, 0.2) is 4.42 Å². The van der Waals surface area contributed by atoms with Gasteiger partial charge in [0.25, 0.3) is 0 Å². The highest BCUT2D eigenvalue weighted by Crippen LogP contribution is 2.24. The van der Waals surface area contributed by atoms with E-state index in [0.717, 1.165) is 6.54 Å². The van der Waals surface area contributed by atoms with Crippen LogP contribution in [0.4, 0.5) is 6.01 Å². The molecular weight excluding hydrogens is 228 g/mol. The van der Waals surface area contributed by atoms with Crippen molar-refractivity contribution in [2.45, 2.75) is 59.4 Å². The van der Waals surface area contributed by atoms with Gasteiger partial charge in [0.2, 0.25) is 5.89 Å². The summed E-state index contributed by atoms with van der Waals surface area (Å²) in [6, 6.07) is 0.247. The maximum atomic E-state index is 5.67. The average molecular weight is 254 g/mol. The van der Waals surface area contributed by atoms with Crippen LogP contribution in [-0.2, 0) is 0 Å². The molecular formula is C13H26N4O. The van der Waals surface area contributed by atoms with Gasteiger partial charge in [-0.1, -0.05) is 45.1 Å². The van der Waals surface area contributed by atoms with Crippen molar-refractivity contribution in [2.75, 3.05) is 11.9 Å². The molecule has 0 aliphatic rings. The van der Waals surface area contributed by atoms with E-state index in [0.29, 0.717) is 11.9 Å². The molecule has 5 nitrogen and oxygen atoms in total. The van der Waals surface area contributed by atoms with E-state index in [1.807, 2.05) is 6.92 Å². The van der Waals surface area contributed by atoms with Crippen LogP contribution < -0.4 is 11.1 Å². The molecule has 0 bridgehead atoms. The first-order valence-electron chi connectivity index (χ1n) is 6.77. The van der Waals surface area contributed by atoms with E-state index >= 15 is 0 Å². The second-order valence-corrected chi connectivity index (χ2v) is 5.71. The standard InChI is InChI=1S/C13H26N4O/c1-5-6-7-8-13(3,4)9-15-12-17-16-11(18-12)10(2)14/h10H,5-9,14H2,1-4H3,(H,15,17). The molecule has 1 rings (SSSR count). The Morgan fingerprint density at radius 3 is 2.61 bits per heavy atom. The molecule has 5 heteroatoms. The summed E-state index contributed by atoms with van der Waals surface area (Å²) < 4.78 is 5.41. The molecule has 104 valence electrons. The molecule has 0 saturated carbocycles. The third-order valence-corrected chi connectivity index (χ3v) is 3.01. The Kier molecular flexibility index (Phi) is 5.59. The summed E-state index contributed by atoms with van der Waals surface area (Å²) in [5, 5.41) is 11.0. The predicted molar refractivity (Wildman–Crippen MR) is 73.3 cm³/mol. The van der Waals surface area contributed by atoms with Crippen LogP contribution in [0.25, 0.3) is 0 Å².